The summed E-state index contributed by atoms with van der Waals surface area (Å²) in [6.45, 7) is 8.57. The molecule has 2 rings (SSSR count). The average molecular weight is 425 g/mol. The molecule has 0 saturated carbocycles. The molecule has 1 aliphatic heterocycles. The van der Waals surface area contributed by atoms with E-state index in [2.05, 4.69) is 64.8 Å². The van der Waals surface area contributed by atoms with Crippen molar-refractivity contribution < 1.29 is 4.79 Å². The molecule has 1 aromatic rings. The Morgan fingerprint density at radius 2 is 2.10 bits per heavy atom. The fourth-order valence-electron chi connectivity index (χ4n) is 3.36. The standard InChI is InChI=1S/C24H36N6O/c1-4-6-22-10-9-21(24(26-3)29-22)18-30(15-16-31)23-11-7-20(8-12-23)17-27-13-5-14-28-19(2)25/h7-8,10-12,16,18,27-28H,2,4-6,9,13-15,17,25H2,1,3H3,(H,26,29)/b21-18-. The Bertz CT molecular complexity index is 810. The van der Waals surface area contributed by atoms with Crippen molar-refractivity contribution in [2.45, 2.75) is 39.2 Å². The molecule has 0 atom stereocenters. The van der Waals surface area contributed by atoms with Crippen LogP contribution in [-0.2, 0) is 11.3 Å². The third-order valence-electron chi connectivity index (χ3n) is 4.96. The third-order valence-corrected chi connectivity index (χ3v) is 4.96. The van der Waals surface area contributed by atoms with Crippen LogP contribution in [0, 0.1) is 0 Å². The number of aliphatic imine (C=N–C) groups is 1. The molecule has 31 heavy (non-hydrogen) atoms. The van der Waals surface area contributed by atoms with Crippen LogP contribution in [0.5, 0.6) is 0 Å². The van der Waals surface area contributed by atoms with Crippen molar-refractivity contribution in [3.05, 3.63) is 65.8 Å². The van der Waals surface area contributed by atoms with E-state index in [9.17, 15) is 4.79 Å². The van der Waals surface area contributed by atoms with Gasteiger partial charge in [-0.05, 0) is 43.5 Å². The Balaban J connectivity index is 1.99. The summed E-state index contributed by atoms with van der Waals surface area (Å²) in [4.78, 5) is 17.7. The smallest absolute Gasteiger partial charge is 0.139 e. The maximum atomic E-state index is 11.3. The number of nitrogens with one attached hydrogen (secondary N) is 3. The summed E-state index contributed by atoms with van der Waals surface area (Å²) in [6.07, 6.45) is 9.03. The average Bonchev–Trinajstić information content (AvgIpc) is 2.77. The van der Waals surface area contributed by atoms with Crippen molar-refractivity contribution in [3.63, 3.8) is 0 Å². The van der Waals surface area contributed by atoms with Crippen LogP contribution in [0.2, 0.25) is 0 Å². The van der Waals surface area contributed by atoms with Gasteiger partial charge in [-0.15, -0.1) is 0 Å². The van der Waals surface area contributed by atoms with Gasteiger partial charge in [-0.1, -0.05) is 38.1 Å². The van der Waals surface area contributed by atoms with Gasteiger partial charge in [-0.25, -0.2) is 0 Å². The Morgan fingerprint density at radius 1 is 1.32 bits per heavy atom. The number of hydrogen-bond donors (Lipinski definition) is 4. The maximum absolute atomic E-state index is 11.3. The van der Waals surface area contributed by atoms with Gasteiger partial charge >= 0.3 is 0 Å². The summed E-state index contributed by atoms with van der Waals surface area (Å²) in [5.41, 5.74) is 9.94. The van der Waals surface area contributed by atoms with E-state index in [1.54, 1.807) is 7.05 Å². The molecule has 0 aromatic heterocycles. The highest BCUT2D eigenvalue weighted by Gasteiger charge is 2.15. The molecule has 1 heterocycles. The van der Waals surface area contributed by atoms with E-state index in [1.165, 1.54) is 11.3 Å². The minimum absolute atomic E-state index is 0.295. The molecule has 7 nitrogen and oxygen atoms in total. The summed E-state index contributed by atoms with van der Waals surface area (Å²) in [5.74, 6) is 1.37. The number of carbonyl (C=O) groups excluding carboxylic acids is 1. The molecule has 1 aromatic carbocycles. The second-order valence-corrected chi connectivity index (χ2v) is 7.50. The first kappa shape index (κ1) is 24.2. The van der Waals surface area contributed by atoms with Crippen molar-refractivity contribution >= 4 is 17.8 Å². The first-order valence-electron chi connectivity index (χ1n) is 10.9. The highest BCUT2D eigenvalue weighted by atomic mass is 16.1. The first-order chi connectivity index (χ1) is 15.1. The molecule has 0 bridgehead atoms. The van der Waals surface area contributed by atoms with Crippen LogP contribution < -0.4 is 26.6 Å². The molecule has 168 valence electrons. The van der Waals surface area contributed by atoms with Crippen LogP contribution in [0.4, 0.5) is 5.69 Å². The summed E-state index contributed by atoms with van der Waals surface area (Å²) >= 11 is 0. The number of benzene rings is 1. The minimum Gasteiger partial charge on any atom is -0.386 e. The van der Waals surface area contributed by atoms with Crippen LogP contribution in [0.15, 0.2) is 65.2 Å². The van der Waals surface area contributed by atoms with Gasteiger partial charge in [0.2, 0.25) is 0 Å². The number of aldehydes is 1. The van der Waals surface area contributed by atoms with E-state index < -0.39 is 0 Å². The zero-order valence-corrected chi connectivity index (χ0v) is 18.8. The van der Waals surface area contributed by atoms with Crippen LogP contribution in [0.3, 0.4) is 0 Å². The number of amidine groups is 1. The fraction of sp³-hybridized carbons (Fsp3) is 0.417. The molecule has 0 amide bonds. The topological polar surface area (TPSA) is 94.8 Å². The van der Waals surface area contributed by atoms with Gasteiger partial charge < -0.3 is 31.4 Å². The van der Waals surface area contributed by atoms with E-state index in [-0.39, 0.29) is 0 Å². The van der Waals surface area contributed by atoms with E-state index >= 15 is 0 Å². The lowest BCUT2D eigenvalue weighted by Gasteiger charge is -2.24. The van der Waals surface area contributed by atoms with Gasteiger partial charge in [0, 0.05) is 43.3 Å². The SMILES string of the molecule is C=C(N)NCCCNCc1ccc(N(/C=C2/CC=C(CCC)N/C2=N/C)CC=O)cc1. The molecule has 0 spiro atoms. The number of anilines is 1. The lowest BCUT2D eigenvalue weighted by molar-refractivity contribution is -0.106. The van der Waals surface area contributed by atoms with E-state index in [4.69, 9.17) is 5.73 Å². The number of rotatable bonds is 13. The predicted molar refractivity (Wildman–Crippen MR) is 130 cm³/mol. The molecule has 5 N–H and O–H groups in total. The van der Waals surface area contributed by atoms with Crippen molar-refractivity contribution in [3.8, 4) is 0 Å². The van der Waals surface area contributed by atoms with Gasteiger partial charge in [0.05, 0.1) is 12.4 Å². The van der Waals surface area contributed by atoms with Crippen molar-refractivity contribution in [1.29, 1.82) is 0 Å². The van der Waals surface area contributed by atoms with Crippen molar-refractivity contribution in [1.82, 2.24) is 16.0 Å². The molecular weight excluding hydrogens is 388 g/mol. The van der Waals surface area contributed by atoms with Crippen LogP contribution in [0.1, 0.15) is 38.2 Å². The summed E-state index contributed by atoms with van der Waals surface area (Å²) in [6, 6.07) is 8.28. The lowest BCUT2D eigenvalue weighted by Crippen LogP contribution is -2.30. The largest absolute Gasteiger partial charge is 0.386 e. The Morgan fingerprint density at radius 3 is 2.74 bits per heavy atom. The maximum Gasteiger partial charge on any atom is 0.139 e. The molecule has 0 aliphatic carbocycles. The quantitative estimate of drug-likeness (QED) is 0.287. The number of nitrogens with two attached hydrogens (primary N) is 1. The predicted octanol–water partition coefficient (Wildman–Crippen LogP) is 2.78. The second-order valence-electron chi connectivity index (χ2n) is 7.50. The molecule has 7 heteroatoms. The van der Waals surface area contributed by atoms with Crippen molar-refractivity contribution in [2.75, 3.05) is 31.6 Å². The molecule has 0 saturated heterocycles. The number of carbonyl (C=O) groups is 1. The van der Waals surface area contributed by atoms with Crippen LogP contribution in [0.25, 0.3) is 0 Å². The normalized spacial score (nSPS) is 16.0. The molecule has 1 aliphatic rings. The zero-order chi connectivity index (χ0) is 22.5. The summed E-state index contributed by atoms with van der Waals surface area (Å²) in [5, 5.41) is 9.84. The second kappa shape index (κ2) is 13.3. The molecule has 0 fully saturated rings. The van der Waals surface area contributed by atoms with Gasteiger partial charge in [-0.2, -0.15) is 0 Å². The molecular formula is C24H36N6O. The highest BCUT2D eigenvalue weighted by Crippen LogP contribution is 2.21. The van der Waals surface area contributed by atoms with Gasteiger partial charge in [0.15, 0.2) is 0 Å². The lowest BCUT2D eigenvalue weighted by atomic mass is 10.0. The third kappa shape index (κ3) is 8.30. The zero-order valence-electron chi connectivity index (χ0n) is 18.8. The van der Waals surface area contributed by atoms with Gasteiger partial charge in [0.25, 0.3) is 0 Å². The Hall–Kier alpha value is -3.06. The molecule has 0 radical (unpaired) electrons. The summed E-state index contributed by atoms with van der Waals surface area (Å²) in [7, 11) is 1.79. The number of hydrogen-bond acceptors (Lipinski definition) is 6. The van der Waals surface area contributed by atoms with E-state index in [0.29, 0.717) is 12.4 Å². The van der Waals surface area contributed by atoms with Gasteiger partial charge in [-0.3, -0.25) is 4.99 Å². The monoisotopic (exact) mass is 424 g/mol. The molecule has 0 unspecified atom stereocenters. The first-order valence-corrected chi connectivity index (χ1v) is 10.9. The van der Waals surface area contributed by atoms with Crippen LogP contribution >= 0.6 is 0 Å². The summed E-state index contributed by atoms with van der Waals surface area (Å²) < 4.78 is 0. The number of nitrogens with zero attached hydrogens (tertiary/aromatic N) is 2. The van der Waals surface area contributed by atoms with Crippen LogP contribution in [-0.4, -0.2) is 38.8 Å². The van der Waals surface area contributed by atoms with E-state index in [1.807, 2.05) is 11.1 Å². The fourth-order valence-corrected chi connectivity index (χ4v) is 3.36. The Kier molecular flexibility index (Phi) is 10.4. The number of allylic oxidation sites excluding steroid dienone is 2. The van der Waals surface area contributed by atoms with Gasteiger partial charge in [0.1, 0.15) is 12.1 Å². The highest BCUT2D eigenvalue weighted by molar-refractivity contribution is 6.01. The van der Waals surface area contributed by atoms with Crippen molar-refractivity contribution in [2.24, 2.45) is 10.7 Å². The van der Waals surface area contributed by atoms with E-state index in [0.717, 1.165) is 68.7 Å². The minimum atomic E-state index is 0.295. The Labute approximate surface area is 186 Å².